The first-order valence-electron chi connectivity index (χ1n) is 8.11. The van der Waals surface area contributed by atoms with Crippen LogP contribution < -0.4 is 10.1 Å². The van der Waals surface area contributed by atoms with Crippen molar-refractivity contribution in [2.45, 2.75) is 26.5 Å². The fourth-order valence-corrected chi connectivity index (χ4v) is 3.11. The quantitative estimate of drug-likeness (QED) is 0.709. The fourth-order valence-electron chi connectivity index (χ4n) is 2.43. The second kappa shape index (κ2) is 7.94. The number of rotatable bonds is 6. The zero-order valence-corrected chi connectivity index (χ0v) is 15.0. The Hall–Kier alpha value is -2.66. The molecule has 1 heterocycles. The number of amides is 1. The van der Waals surface area contributed by atoms with Gasteiger partial charge in [-0.2, -0.15) is 0 Å². The van der Waals surface area contributed by atoms with Crippen LogP contribution in [-0.2, 0) is 6.61 Å². The summed E-state index contributed by atoms with van der Waals surface area (Å²) in [5.41, 5.74) is 2.64. The largest absolute Gasteiger partial charge is 0.486 e. The Morgan fingerprint density at radius 1 is 1.20 bits per heavy atom. The number of nitrogens with one attached hydrogen (secondary N) is 1. The second-order valence-corrected chi connectivity index (χ2v) is 6.78. The van der Waals surface area contributed by atoms with E-state index in [0.717, 1.165) is 21.9 Å². The highest BCUT2D eigenvalue weighted by Gasteiger charge is 2.14. The van der Waals surface area contributed by atoms with E-state index in [1.54, 1.807) is 5.38 Å². The Morgan fingerprint density at radius 2 is 2.00 bits per heavy atom. The van der Waals surface area contributed by atoms with E-state index < -0.39 is 0 Å². The minimum Gasteiger partial charge on any atom is -0.486 e. The minimum atomic E-state index is -0.172. The summed E-state index contributed by atoms with van der Waals surface area (Å²) in [7, 11) is 0. The van der Waals surface area contributed by atoms with Crippen molar-refractivity contribution < 1.29 is 9.53 Å². The third-order valence-corrected chi connectivity index (χ3v) is 4.61. The maximum absolute atomic E-state index is 12.4. The van der Waals surface area contributed by atoms with Crippen molar-refractivity contribution in [1.82, 2.24) is 10.3 Å². The number of hydrogen-bond donors (Lipinski definition) is 1. The van der Waals surface area contributed by atoms with Crippen molar-refractivity contribution >= 4 is 17.2 Å². The Kier molecular flexibility index (Phi) is 5.46. The monoisotopic (exact) mass is 352 g/mol. The number of nitrogens with zero attached hydrogens (tertiary/aromatic N) is 1. The second-order valence-electron chi connectivity index (χ2n) is 5.84. The number of aryl methyl sites for hydroxylation is 1. The van der Waals surface area contributed by atoms with E-state index in [4.69, 9.17) is 4.74 Å². The normalized spacial score (nSPS) is 11.8. The van der Waals surface area contributed by atoms with Gasteiger partial charge in [0, 0.05) is 5.38 Å². The Bertz CT molecular complexity index is 846. The molecule has 0 radical (unpaired) electrons. The van der Waals surface area contributed by atoms with Crippen molar-refractivity contribution in [3.05, 3.63) is 81.8 Å². The summed E-state index contributed by atoms with van der Waals surface area (Å²) in [5, 5.41) is 5.51. The van der Waals surface area contributed by atoms with Crippen LogP contribution >= 0.6 is 11.3 Å². The third kappa shape index (κ3) is 4.67. The molecule has 0 unspecified atom stereocenters. The van der Waals surface area contributed by atoms with Gasteiger partial charge in [0.15, 0.2) is 0 Å². The van der Waals surface area contributed by atoms with Gasteiger partial charge in [0.2, 0.25) is 0 Å². The zero-order chi connectivity index (χ0) is 17.6. The average Bonchev–Trinajstić information content (AvgIpc) is 3.10. The molecular formula is C20H20N2O2S. The first-order valence-corrected chi connectivity index (χ1v) is 8.99. The maximum Gasteiger partial charge on any atom is 0.271 e. The molecule has 5 heteroatoms. The van der Waals surface area contributed by atoms with E-state index >= 15 is 0 Å². The molecule has 0 saturated heterocycles. The summed E-state index contributed by atoms with van der Waals surface area (Å²) in [6.45, 7) is 4.34. The van der Waals surface area contributed by atoms with Gasteiger partial charge in [-0.05, 0) is 37.1 Å². The highest BCUT2D eigenvalue weighted by Crippen LogP contribution is 2.17. The van der Waals surface area contributed by atoms with Crippen molar-refractivity contribution in [3.8, 4) is 5.75 Å². The SMILES string of the molecule is Cc1cccc(OCc2nc(C(=O)N[C@@H](C)c3ccccc3)cs2)c1. The van der Waals surface area contributed by atoms with E-state index in [2.05, 4.69) is 10.3 Å². The van der Waals surface area contributed by atoms with Gasteiger partial charge in [0.05, 0.1) is 6.04 Å². The number of aromatic nitrogens is 1. The standard InChI is InChI=1S/C20H20N2O2S/c1-14-7-6-10-17(11-14)24-12-19-22-18(13-25-19)20(23)21-15(2)16-8-4-3-5-9-16/h3-11,13,15H,12H2,1-2H3,(H,21,23)/t15-/m0/s1. The van der Waals surface area contributed by atoms with E-state index in [1.807, 2.05) is 68.4 Å². The highest BCUT2D eigenvalue weighted by atomic mass is 32.1. The van der Waals surface area contributed by atoms with Gasteiger partial charge < -0.3 is 10.1 Å². The molecule has 4 nitrogen and oxygen atoms in total. The smallest absolute Gasteiger partial charge is 0.271 e. The van der Waals surface area contributed by atoms with Crippen LogP contribution in [0.4, 0.5) is 0 Å². The van der Waals surface area contributed by atoms with Crippen molar-refractivity contribution in [2.24, 2.45) is 0 Å². The molecule has 0 bridgehead atoms. The molecule has 0 aliphatic heterocycles. The van der Waals surface area contributed by atoms with Crippen LogP contribution in [0.15, 0.2) is 60.0 Å². The number of carbonyl (C=O) groups excluding carboxylic acids is 1. The molecule has 0 fully saturated rings. The predicted octanol–water partition coefficient (Wildman–Crippen LogP) is 4.52. The molecule has 128 valence electrons. The van der Waals surface area contributed by atoms with Crippen LogP contribution in [0.25, 0.3) is 0 Å². The molecule has 1 aromatic heterocycles. The highest BCUT2D eigenvalue weighted by molar-refractivity contribution is 7.09. The summed E-state index contributed by atoms with van der Waals surface area (Å²) >= 11 is 1.43. The molecule has 1 N–H and O–H groups in total. The molecule has 0 saturated carbocycles. The van der Waals surface area contributed by atoms with Crippen LogP contribution in [0, 0.1) is 6.92 Å². The Balaban J connectivity index is 1.58. The van der Waals surface area contributed by atoms with Crippen LogP contribution in [0.3, 0.4) is 0 Å². The fraction of sp³-hybridized carbons (Fsp3) is 0.200. The van der Waals surface area contributed by atoms with Gasteiger partial charge in [-0.1, -0.05) is 42.5 Å². The molecule has 25 heavy (non-hydrogen) atoms. The molecule has 2 aromatic carbocycles. The predicted molar refractivity (Wildman–Crippen MR) is 99.9 cm³/mol. The number of hydrogen-bond acceptors (Lipinski definition) is 4. The van der Waals surface area contributed by atoms with Crippen molar-refractivity contribution in [2.75, 3.05) is 0 Å². The summed E-state index contributed by atoms with van der Waals surface area (Å²) in [6.07, 6.45) is 0. The van der Waals surface area contributed by atoms with Crippen LogP contribution in [0.2, 0.25) is 0 Å². The molecule has 0 spiro atoms. The molecule has 0 aliphatic carbocycles. The first kappa shape index (κ1) is 17.2. The summed E-state index contributed by atoms with van der Waals surface area (Å²) in [6, 6.07) is 17.7. The zero-order valence-electron chi connectivity index (χ0n) is 14.2. The molecular weight excluding hydrogens is 332 g/mol. The van der Waals surface area contributed by atoms with Crippen molar-refractivity contribution in [1.29, 1.82) is 0 Å². The topological polar surface area (TPSA) is 51.2 Å². The first-order chi connectivity index (χ1) is 12.1. The molecule has 3 rings (SSSR count). The molecule has 1 atom stereocenters. The number of carbonyl (C=O) groups is 1. The minimum absolute atomic E-state index is 0.0672. The Morgan fingerprint density at radius 3 is 2.76 bits per heavy atom. The number of benzene rings is 2. The summed E-state index contributed by atoms with van der Waals surface area (Å²) in [4.78, 5) is 16.7. The van der Waals surface area contributed by atoms with E-state index in [0.29, 0.717) is 12.3 Å². The number of thiazole rings is 1. The third-order valence-electron chi connectivity index (χ3n) is 3.78. The lowest BCUT2D eigenvalue weighted by molar-refractivity contribution is 0.0935. The van der Waals surface area contributed by atoms with E-state index in [1.165, 1.54) is 11.3 Å². The Labute approximate surface area is 151 Å². The van der Waals surface area contributed by atoms with Gasteiger partial charge in [0.1, 0.15) is 23.1 Å². The lowest BCUT2D eigenvalue weighted by Crippen LogP contribution is -2.26. The summed E-state index contributed by atoms with van der Waals surface area (Å²) < 4.78 is 5.73. The number of ether oxygens (including phenoxy) is 1. The van der Waals surface area contributed by atoms with E-state index in [-0.39, 0.29) is 11.9 Å². The van der Waals surface area contributed by atoms with Crippen LogP contribution in [-0.4, -0.2) is 10.9 Å². The van der Waals surface area contributed by atoms with Crippen LogP contribution in [0.1, 0.15) is 39.6 Å². The van der Waals surface area contributed by atoms with Gasteiger partial charge in [-0.3, -0.25) is 4.79 Å². The van der Waals surface area contributed by atoms with Crippen molar-refractivity contribution in [3.63, 3.8) is 0 Å². The van der Waals surface area contributed by atoms with Gasteiger partial charge >= 0.3 is 0 Å². The van der Waals surface area contributed by atoms with Gasteiger partial charge in [0.25, 0.3) is 5.91 Å². The lowest BCUT2D eigenvalue weighted by Gasteiger charge is -2.13. The summed E-state index contributed by atoms with van der Waals surface area (Å²) in [5.74, 6) is 0.633. The lowest BCUT2D eigenvalue weighted by atomic mass is 10.1. The van der Waals surface area contributed by atoms with Gasteiger partial charge in [-0.15, -0.1) is 11.3 Å². The van der Waals surface area contributed by atoms with E-state index in [9.17, 15) is 4.79 Å². The molecule has 0 aliphatic rings. The maximum atomic E-state index is 12.4. The molecule has 3 aromatic rings. The molecule has 1 amide bonds. The van der Waals surface area contributed by atoms with Crippen LogP contribution in [0.5, 0.6) is 5.75 Å². The average molecular weight is 352 g/mol. The van der Waals surface area contributed by atoms with Gasteiger partial charge in [-0.25, -0.2) is 4.98 Å².